The average molecular weight is 396 g/mol. The monoisotopic (exact) mass is 396 g/mol. The zero-order chi connectivity index (χ0) is 20.2. The van der Waals surface area contributed by atoms with Gasteiger partial charge in [-0.1, -0.05) is 12.1 Å². The third-order valence-corrected chi connectivity index (χ3v) is 5.39. The number of nitro groups is 1. The molecule has 0 atom stereocenters. The van der Waals surface area contributed by atoms with Crippen molar-refractivity contribution in [2.45, 2.75) is 4.90 Å². The van der Waals surface area contributed by atoms with Crippen LogP contribution < -0.4 is 13.8 Å². The molecule has 10 nitrogen and oxygen atoms in total. The van der Waals surface area contributed by atoms with Crippen LogP contribution in [0.3, 0.4) is 0 Å². The number of ether oxygens (including phenoxy) is 2. The van der Waals surface area contributed by atoms with Crippen LogP contribution in [0.1, 0.15) is 0 Å². The van der Waals surface area contributed by atoms with Gasteiger partial charge in [0.05, 0.1) is 24.8 Å². The van der Waals surface area contributed by atoms with E-state index in [9.17, 15) is 23.3 Å². The van der Waals surface area contributed by atoms with Gasteiger partial charge < -0.3 is 14.6 Å². The maximum atomic E-state index is 13.0. The summed E-state index contributed by atoms with van der Waals surface area (Å²) in [6.45, 7) is -0.941. The topological polar surface area (TPSA) is 136 Å². The van der Waals surface area contributed by atoms with Crippen molar-refractivity contribution in [3.63, 3.8) is 0 Å². The van der Waals surface area contributed by atoms with E-state index in [1.807, 2.05) is 0 Å². The van der Waals surface area contributed by atoms with Gasteiger partial charge in [0.25, 0.3) is 15.7 Å². The number of benzene rings is 2. The predicted molar refractivity (Wildman–Crippen MR) is 94.8 cm³/mol. The minimum absolute atomic E-state index is 0.0480. The lowest BCUT2D eigenvalue weighted by molar-refractivity contribution is -0.387. The predicted octanol–water partition coefficient (Wildman–Crippen LogP) is 1.89. The summed E-state index contributed by atoms with van der Waals surface area (Å²) in [5, 5.41) is 20.4. The Balaban J connectivity index is 2.67. The summed E-state index contributed by atoms with van der Waals surface area (Å²) >= 11 is 0. The molecular formula is C16H16N2O8S. The molecule has 0 aliphatic rings. The lowest BCUT2D eigenvalue weighted by atomic mass is 10.2. The average Bonchev–Trinajstić information content (AvgIpc) is 2.65. The first-order chi connectivity index (χ1) is 12.7. The second kappa shape index (κ2) is 7.91. The minimum Gasteiger partial charge on any atom is -0.493 e. The summed E-state index contributed by atoms with van der Waals surface area (Å²) in [7, 11) is -1.84. The zero-order valence-electron chi connectivity index (χ0n) is 14.4. The summed E-state index contributed by atoms with van der Waals surface area (Å²) in [5.41, 5.74) is -0.707. The maximum absolute atomic E-state index is 13.0. The highest BCUT2D eigenvalue weighted by molar-refractivity contribution is 7.93. The number of nitro benzene ring substituents is 1. The van der Waals surface area contributed by atoms with Crippen molar-refractivity contribution in [3.05, 3.63) is 52.6 Å². The highest BCUT2D eigenvalue weighted by Gasteiger charge is 2.33. The van der Waals surface area contributed by atoms with E-state index < -0.39 is 38.0 Å². The minimum atomic E-state index is -4.55. The van der Waals surface area contributed by atoms with E-state index in [4.69, 9.17) is 14.6 Å². The number of aliphatic carboxylic acids is 1. The van der Waals surface area contributed by atoms with Crippen molar-refractivity contribution >= 4 is 27.4 Å². The molecule has 0 aliphatic heterocycles. The normalized spacial score (nSPS) is 10.9. The first kappa shape index (κ1) is 20.0. The van der Waals surface area contributed by atoms with Crippen molar-refractivity contribution < 1.29 is 32.7 Å². The molecule has 0 saturated heterocycles. The molecule has 0 amide bonds. The highest BCUT2D eigenvalue weighted by Crippen LogP contribution is 2.35. The Labute approximate surface area is 154 Å². The highest BCUT2D eigenvalue weighted by atomic mass is 32.2. The SMILES string of the molecule is COc1ccc(N(CC(=O)O)S(=O)(=O)c2ccccc2[N+](=O)[O-])cc1OC. The Bertz CT molecular complexity index is 974. The number of para-hydroxylation sites is 1. The number of carboxylic acid groups (broad SMARTS) is 1. The fourth-order valence-corrected chi connectivity index (χ4v) is 3.93. The first-order valence-electron chi connectivity index (χ1n) is 7.42. The van der Waals surface area contributed by atoms with E-state index in [0.29, 0.717) is 10.1 Å². The van der Waals surface area contributed by atoms with E-state index in [1.54, 1.807) is 0 Å². The molecule has 144 valence electrons. The van der Waals surface area contributed by atoms with Gasteiger partial charge in [0.1, 0.15) is 6.54 Å². The van der Waals surface area contributed by atoms with Crippen LogP contribution in [0.4, 0.5) is 11.4 Å². The van der Waals surface area contributed by atoms with Crippen molar-refractivity contribution in [1.29, 1.82) is 0 Å². The van der Waals surface area contributed by atoms with E-state index in [0.717, 1.165) is 12.1 Å². The Kier molecular flexibility index (Phi) is 5.85. The lowest BCUT2D eigenvalue weighted by Gasteiger charge is -2.23. The van der Waals surface area contributed by atoms with Gasteiger partial charge in [-0.15, -0.1) is 0 Å². The van der Waals surface area contributed by atoms with Crippen LogP contribution in [0.25, 0.3) is 0 Å². The molecule has 0 saturated carbocycles. The van der Waals surface area contributed by atoms with Gasteiger partial charge in [0.15, 0.2) is 16.4 Å². The largest absolute Gasteiger partial charge is 0.493 e. The Morgan fingerprint density at radius 1 is 1.15 bits per heavy atom. The molecule has 0 aliphatic carbocycles. The van der Waals surface area contributed by atoms with Crippen molar-refractivity contribution in [2.24, 2.45) is 0 Å². The molecule has 1 N–H and O–H groups in total. The second-order valence-electron chi connectivity index (χ2n) is 5.17. The third-order valence-electron chi connectivity index (χ3n) is 3.56. The van der Waals surface area contributed by atoms with Crippen molar-refractivity contribution in [1.82, 2.24) is 0 Å². The molecule has 0 bridgehead atoms. The van der Waals surface area contributed by atoms with Gasteiger partial charge in [0, 0.05) is 12.1 Å². The Morgan fingerprint density at radius 2 is 1.78 bits per heavy atom. The number of hydrogen-bond acceptors (Lipinski definition) is 7. The molecular weight excluding hydrogens is 380 g/mol. The Morgan fingerprint density at radius 3 is 2.33 bits per heavy atom. The van der Waals surface area contributed by atoms with Crippen LogP contribution in [0.2, 0.25) is 0 Å². The molecule has 2 aromatic carbocycles. The van der Waals surface area contributed by atoms with Gasteiger partial charge in [-0.25, -0.2) is 8.42 Å². The number of rotatable bonds is 8. The molecule has 0 fully saturated rings. The van der Waals surface area contributed by atoms with Gasteiger partial charge in [0.2, 0.25) is 0 Å². The number of nitrogens with zero attached hydrogens (tertiary/aromatic N) is 2. The summed E-state index contributed by atoms with van der Waals surface area (Å²) in [6.07, 6.45) is 0. The smallest absolute Gasteiger partial charge is 0.324 e. The fourth-order valence-electron chi connectivity index (χ4n) is 2.36. The molecule has 27 heavy (non-hydrogen) atoms. The lowest BCUT2D eigenvalue weighted by Crippen LogP contribution is -2.36. The van der Waals surface area contributed by atoms with Crippen LogP contribution in [0.15, 0.2) is 47.4 Å². The molecule has 0 unspecified atom stereocenters. The summed E-state index contributed by atoms with van der Waals surface area (Å²) in [6, 6.07) is 8.69. The van der Waals surface area contributed by atoms with Crippen LogP contribution in [-0.2, 0) is 14.8 Å². The molecule has 2 aromatic rings. The summed E-state index contributed by atoms with van der Waals surface area (Å²) in [4.78, 5) is 21.0. The number of carboxylic acids is 1. The maximum Gasteiger partial charge on any atom is 0.324 e. The van der Waals surface area contributed by atoms with E-state index in [1.165, 1.54) is 44.6 Å². The van der Waals surface area contributed by atoms with Crippen LogP contribution in [0, 0.1) is 10.1 Å². The molecule has 0 aromatic heterocycles. The van der Waals surface area contributed by atoms with Crippen LogP contribution >= 0.6 is 0 Å². The van der Waals surface area contributed by atoms with E-state index in [2.05, 4.69) is 0 Å². The number of methoxy groups -OCH3 is 2. The molecule has 2 rings (SSSR count). The fraction of sp³-hybridized carbons (Fsp3) is 0.188. The van der Waals surface area contributed by atoms with Gasteiger partial charge in [-0.3, -0.25) is 19.2 Å². The first-order valence-corrected chi connectivity index (χ1v) is 8.86. The van der Waals surface area contributed by atoms with Crippen LogP contribution in [-0.4, -0.2) is 45.2 Å². The molecule has 0 spiro atoms. The second-order valence-corrected chi connectivity index (χ2v) is 7.00. The molecule has 11 heteroatoms. The van der Waals surface area contributed by atoms with Gasteiger partial charge in [-0.2, -0.15) is 0 Å². The quantitative estimate of drug-likeness (QED) is 0.528. The standard InChI is InChI=1S/C16H16N2O8S/c1-25-13-8-7-11(9-14(13)26-2)17(10-16(19)20)27(23,24)15-6-4-3-5-12(15)18(21)22/h3-9H,10H2,1-2H3,(H,19,20). The number of sulfonamides is 1. The summed E-state index contributed by atoms with van der Waals surface area (Å²) in [5.74, 6) is -0.963. The van der Waals surface area contributed by atoms with Gasteiger partial charge >= 0.3 is 5.97 Å². The third kappa shape index (κ3) is 4.08. The molecule has 0 heterocycles. The number of carbonyl (C=O) groups is 1. The Hall–Kier alpha value is -3.34. The molecule has 0 radical (unpaired) electrons. The number of hydrogen-bond donors (Lipinski definition) is 1. The summed E-state index contributed by atoms with van der Waals surface area (Å²) < 4.78 is 36.8. The van der Waals surface area contributed by atoms with Crippen molar-refractivity contribution in [3.8, 4) is 11.5 Å². The van der Waals surface area contributed by atoms with E-state index in [-0.39, 0.29) is 11.4 Å². The van der Waals surface area contributed by atoms with Gasteiger partial charge in [-0.05, 0) is 18.2 Å². The van der Waals surface area contributed by atoms with E-state index >= 15 is 0 Å². The number of anilines is 1. The van der Waals surface area contributed by atoms with Crippen molar-refractivity contribution in [2.75, 3.05) is 25.1 Å². The zero-order valence-corrected chi connectivity index (χ0v) is 15.2. The van der Waals surface area contributed by atoms with Crippen LogP contribution in [0.5, 0.6) is 11.5 Å².